The molecule has 2 rings (SSSR count). The van der Waals surface area contributed by atoms with Gasteiger partial charge in [0.15, 0.2) is 5.84 Å². The van der Waals surface area contributed by atoms with Gasteiger partial charge in [-0.15, -0.1) is 0 Å². The molecule has 0 spiro atoms. The summed E-state index contributed by atoms with van der Waals surface area (Å²) >= 11 is 5.77. The minimum Gasteiger partial charge on any atom is -0.409 e. The van der Waals surface area contributed by atoms with Crippen LogP contribution in [0, 0.1) is 0 Å². The topological polar surface area (TPSA) is 87.7 Å². The summed E-state index contributed by atoms with van der Waals surface area (Å²) in [6.45, 7) is 0.341. The number of nitrogens with one attached hydrogen (secondary N) is 1. The summed E-state index contributed by atoms with van der Waals surface area (Å²) in [4.78, 5) is 12.0. The first-order valence-corrected chi connectivity index (χ1v) is 6.58. The number of nitrogens with two attached hydrogens (primary N) is 1. The maximum atomic E-state index is 12.0. The van der Waals surface area contributed by atoms with E-state index < -0.39 is 0 Å². The number of benzene rings is 2. The van der Waals surface area contributed by atoms with Crippen LogP contribution in [0.5, 0.6) is 0 Å². The van der Waals surface area contributed by atoms with E-state index in [2.05, 4.69) is 10.5 Å². The summed E-state index contributed by atoms with van der Waals surface area (Å²) in [5, 5.41) is 15.0. The summed E-state index contributed by atoms with van der Waals surface area (Å²) < 4.78 is 0. The first-order valence-electron chi connectivity index (χ1n) is 6.21. The molecule has 6 heteroatoms. The molecule has 0 heterocycles. The Kier molecular flexibility index (Phi) is 4.79. The van der Waals surface area contributed by atoms with Crippen molar-refractivity contribution in [3.8, 4) is 0 Å². The zero-order valence-corrected chi connectivity index (χ0v) is 11.8. The third-order valence-electron chi connectivity index (χ3n) is 2.89. The molecule has 0 bridgehead atoms. The molecule has 5 nitrogen and oxygen atoms in total. The lowest BCUT2D eigenvalue weighted by Crippen LogP contribution is -2.23. The number of amides is 1. The van der Waals surface area contributed by atoms with E-state index in [0.717, 1.165) is 5.56 Å². The van der Waals surface area contributed by atoms with Gasteiger partial charge in [0.1, 0.15) is 0 Å². The SMILES string of the molecule is NC(=NO)c1cccc(CNC(=O)c2ccc(Cl)cc2)c1. The molecule has 0 aliphatic heterocycles. The van der Waals surface area contributed by atoms with Crippen LogP contribution in [0.25, 0.3) is 0 Å². The van der Waals surface area contributed by atoms with E-state index in [1.807, 2.05) is 6.07 Å². The normalized spacial score (nSPS) is 11.2. The van der Waals surface area contributed by atoms with Gasteiger partial charge < -0.3 is 16.3 Å². The molecule has 21 heavy (non-hydrogen) atoms. The maximum Gasteiger partial charge on any atom is 0.251 e. The minimum atomic E-state index is -0.194. The Hall–Kier alpha value is -2.53. The lowest BCUT2D eigenvalue weighted by molar-refractivity contribution is 0.0951. The minimum absolute atomic E-state index is 0.0286. The van der Waals surface area contributed by atoms with Gasteiger partial charge in [0, 0.05) is 22.7 Å². The van der Waals surface area contributed by atoms with E-state index in [1.165, 1.54) is 0 Å². The molecule has 108 valence electrons. The van der Waals surface area contributed by atoms with Gasteiger partial charge in [-0.1, -0.05) is 35.0 Å². The molecule has 0 aliphatic carbocycles. The first kappa shape index (κ1) is 14.9. The van der Waals surface area contributed by atoms with E-state index in [1.54, 1.807) is 42.5 Å². The lowest BCUT2D eigenvalue weighted by Gasteiger charge is -2.07. The van der Waals surface area contributed by atoms with Crippen LogP contribution in [0.15, 0.2) is 53.7 Å². The highest BCUT2D eigenvalue weighted by Gasteiger charge is 2.06. The Bertz CT molecular complexity index is 669. The second kappa shape index (κ2) is 6.76. The molecule has 1 amide bonds. The highest BCUT2D eigenvalue weighted by Crippen LogP contribution is 2.10. The van der Waals surface area contributed by atoms with Gasteiger partial charge in [0.05, 0.1) is 0 Å². The molecule has 0 unspecified atom stereocenters. The van der Waals surface area contributed by atoms with Crippen molar-refractivity contribution in [2.75, 3.05) is 0 Å². The average Bonchev–Trinajstić information content (AvgIpc) is 2.52. The van der Waals surface area contributed by atoms with Crippen LogP contribution in [0.4, 0.5) is 0 Å². The molecule has 0 saturated heterocycles. The van der Waals surface area contributed by atoms with Crippen molar-refractivity contribution in [2.45, 2.75) is 6.54 Å². The molecule has 0 atom stereocenters. The van der Waals surface area contributed by atoms with Gasteiger partial charge >= 0.3 is 0 Å². The van der Waals surface area contributed by atoms with Gasteiger partial charge in [-0.2, -0.15) is 0 Å². The standard InChI is InChI=1S/C15H14ClN3O2/c16-13-6-4-11(5-7-13)15(20)18-9-10-2-1-3-12(8-10)14(17)19-21/h1-8,21H,9H2,(H2,17,19)(H,18,20). The number of oxime groups is 1. The van der Waals surface area contributed by atoms with Gasteiger partial charge in [0.25, 0.3) is 5.91 Å². The average molecular weight is 304 g/mol. The third kappa shape index (κ3) is 3.97. The van der Waals surface area contributed by atoms with Crippen LogP contribution < -0.4 is 11.1 Å². The number of amidine groups is 1. The van der Waals surface area contributed by atoms with E-state index in [4.69, 9.17) is 22.5 Å². The number of nitrogens with zero attached hydrogens (tertiary/aromatic N) is 1. The highest BCUT2D eigenvalue weighted by atomic mass is 35.5. The Morgan fingerprint density at radius 3 is 2.57 bits per heavy atom. The molecule has 4 N–H and O–H groups in total. The predicted octanol–water partition coefficient (Wildman–Crippen LogP) is 2.36. The molecular formula is C15H14ClN3O2. The Labute approximate surface area is 127 Å². The quantitative estimate of drug-likeness (QED) is 0.351. The summed E-state index contributed by atoms with van der Waals surface area (Å²) in [6, 6.07) is 13.7. The number of hydrogen-bond donors (Lipinski definition) is 3. The van der Waals surface area contributed by atoms with Crippen LogP contribution in [-0.2, 0) is 6.54 Å². The van der Waals surface area contributed by atoms with E-state index in [0.29, 0.717) is 22.7 Å². The van der Waals surface area contributed by atoms with Crippen molar-refractivity contribution in [1.29, 1.82) is 0 Å². The van der Waals surface area contributed by atoms with E-state index in [9.17, 15) is 4.79 Å². The predicted molar refractivity (Wildman–Crippen MR) is 81.6 cm³/mol. The summed E-state index contributed by atoms with van der Waals surface area (Å²) in [6.07, 6.45) is 0. The maximum absolute atomic E-state index is 12.0. The van der Waals surface area contributed by atoms with Crippen molar-refractivity contribution < 1.29 is 10.0 Å². The van der Waals surface area contributed by atoms with E-state index >= 15 is 0 Å². The highest BCUT2D eigenvalue weighted by molar-refractivity contribution is 6.30. The second-order valence-electron chi connectivity index (χ2n) is 4.38. The van der Waals surface area contributed by atoms with Crippen molar-refractivity contribution >= 4 is 23.3 Å². The fourth-order valence-electron chi connectivity index (χ4n) is 1.78. The molecule has 0 aromatic heterocycles. The number of carbonyl (C=O) groups excluding carboxylic acids is 1. The third-order valence-corrected chi connectivity index (χ3v) is 3.14. The van der Waals surface area contributed by atoms with Gasteiger partial charge in [-0.25, -0.2) is 0 Å². The number of halogens is 1. The van der Waals surface area contributed by atoms with Crippen LogP contribution >= 0.6 is 11.6 Å². The van der Waals surface area contributed by atoms with Crippen molar-refractivity contribution in [3.63, 3.8) is 0 Å². The molecule has 2 aromatic rings. The molecule has 0 aliphatic rings. The Balaban J connectivity index is 2.03. The molecule has 0 saturated carbocycles. The molecule has 2 aromatic carbocycles. The van der Waals surface area contributed by atoms with Gasteiger partial charge in [-0.3, -0.25) is 4.79 Å². The van der Waals surface area contributed by atoms with Crippen molar-refractivity contribution in [1.82, 2.24) is 5.32 Å². The van der Waals surface area contributed by atoms with Crippen molar-refractivity contribution in [2.24, 2.45) is 10.9 Å². The Morgan fingerprint density at radius 1 is 1.19 bits per heavy atom. The molecule has 0 radical (unpaired) electrons. The summed E-state index contributed by atoms with van der Waals surface area (Å²) in [5.41, 5.74) is 7.50. The largest absolute Gasteiger partial charge is 0.409 e. The second-order valence-corrected chi connectivity index (χ2v) is 4.81. The van der Waals surface area contributed by atoms with Crippen LogP contribution in [0.1, 0.15) is 21.5 Å². The first-order chi connectivity index (χ1) is 10.1. The van der Waals surface area contributed by atoms with Crippen LogP contribution in [0.3, 0.4) is 0 Å². The molecule has 0 fully saturated rings. The number of carbonyl (C=O) groups is 1. The molecular weight excluding hydrogens is 290 g/mol. The Morgan fingerprint density at radius 2 is 1.90 bits per heavy atom. The fourth-order valence-corrected chi connectivity index (χ4v) is 1.91. The van der Waals surface area contributed by atoms with Gasteiger partial charge in [-0.05, 0) is 35.9 Å². The zero-order valence-electron chi connectivity index (χ0n) is 11.1. The monoisotopic (exact) mass is 303 g/mol. The summed E-state index contributed by atoms with van der Waals surface area (Å²) in [5.74, 6) is -0.165. The number of rotatable bonds is 4. The zero-order chi connectivity index (χ0) is 15.2. The van der Waals surface area contributed by atoms with Crippen molar-refractivity contribution in [3.05, 3.63) is 70.2 Å². The van der Waals surface area contributed by atoms with Crippen LogP contribution in [-0.4, -0.2) is 17.0 Å². The lowest BCUT2D eigenvalue weighted by atomic mass is 10.1. The van der Waals surface area contributed by atoms with Gasteiger partial charge in [0.2, 0.25) is 0 Å². The van der Waals surface area contributed by atoms with Crippen LogP contribution in [0.2, 0.25) is 5.02 Å². The fraction of sp³-hybridized carbons (Fsp3) is 0.0667. The number of hydrogen-bond acceptors (Lipinski definition) is 3. The smallest absolute Gasteiger partial charge is 0.251 e. The van der Waals surface area contributed by atoms with E-state index in [-0.39, 0.29) is 11.7 Å². The summed E-state index contributed by atoms with van der Waals surface area (Å²) in [7, 11) is 0.